The van der Waals surface area contributed by atoms with Crippen LogP contribution < -0.4 is 0 Å². The van der Waals surface area contributed by atoms with Crippen LogP contribution in [0.5, 0.6) is 0 Å². The zero-order valence-electron chi connectivity index (χ0n) is 10.8. The Morgan fingerprint density at radius 2 is 1.44 bits per heavy atom. The summed E-state index contributed by atoms with van der Waals surface area (Å²) in [6.45, 7) is 4.27. The van der Waals surface area contributed by atoms with E-state index in [0.717, 1.165) is 0 Å². The number of nitrogens with zero attached hydrogens (tertiary/aromatic N) is 2. The van der Waals surface area contributed by atoms with Crippen LogP contribution >= 0.6 is 0 Å². The van der Waals surface area contributed by atoms with Crippen molar-refractivity contribution in [2.24, 2.45) is 0 Å². The Balaban J connectivity index is 2.60. The number of alkyl halides is 3. The molecule has 18 heavy (non-hydrogen) atoms. The van der Waals surface area contributed by atoms with Crippen LogP contribution in [-0.2, 0) is 10.0 Å². The van der Waals surface area contributed by atoms with Crippen molar-refractivity contribution in [2.75, 3.05) is 32.7 Å². The van der Waals surface area contributed by atoms with Crippen LogP contribution in [0.4, 0.5) is 13.2 Å². The lowest BCUT2D eigenvalue weighted by molar-refractivity contribution is -0.148. The molecule has 0 aliphatic carbocycles. The van der Waals surface area contributed by atoms with Gasteiger partial charge >= 0.3 is 6.18 Å². The molecule has 4 nitrogen and oxygen atoms in total. The molecule has 0 atom stereocenters. The second-order valence-electron chi connectivity index (χ2n) is 5.41. The van der Waals surface area contributed by atoms with Gasteiger partial charge in [-0.25, -0.2) is 8.42 Å². The van der Waals surface area contributed by atoms with Crippen LogP contribution in [0.2, 0.25) is 0 Å². The molecule has 0 saturated carbocycles. The molecular weight excluding hydrogens is 269 g/mol. The standard InChI is InChI=1S/C10H19F3N2O2S/c1-9(2,3)18(16,17)15-6-4-14(5-7-15)8-10(11,12)13/h4-8H2,1-3H3. The molecule has 108 valence electrons. The smallest absolute Gasteiger partial charge is 0.292 e. The van der Waals surface area contributed by atoms with Crippen LogP contribution in [0, 0.1) is 0 Å². The van der Waals surface area contributed by atoms with Crippen molar-refractivity contribution in [2.45, 2.75) is 31.7 Å². The Bertz CT molecular complexity index is 379. The van der Waals surface area contributed by atoms with Crippen LogP contribution in [0.3, 0.4) is 0 Å². The highest BCUT2D eigenvalue weighted by Gasteiger charge is 2.38. The van der Waals surface area contributed by atoms with E-state index in [9.17, 15) is 21.6 Å². The van der Waals surface area contributed by atoms with Gasteiger partial charge in [0.2, 0.25) is 10.0 Å². The second kappa shape index (κ2) is 4.97. The minimum atomic E-state index is -4.23. The maximum atomic E-state index is 12.2. The fourth-order valence-electron chi connectivity index (χ4n) is 1.77. The number of halogens is 3. The van der Waals surface area contributed by atoms with Gasteiger partial charge in [-0.3, -0.25) is 4.90 Å². The minimum Gasteiger partial charge on any atom is -0.292 e. The largest absolute Gasteiger partial charge is 0.401 e. The van der Waals surface area contributed by atoms with E-state index in [4.69, 9.17) is 0 Å². The summed E-state index contributed by atoms with van der Waals surface area (Å²) in [7, 11) is -3.44. The number of hydrogen-bond acceptors (Lipinski definition) is 3. The van der Waals surface area contributed by atoms with Crippen molar-refractivity contribution in [3.63, 3.8) is 0 Å². The predicted octanol–water partition coefficient (Wildman–Crippen LogP) is 1.29. The molecular formula is C10H19F3N2O2S. The molecule has 0 spiro atoms. The van der Waals surface area contributed by atoms with E-state index >= 15 is 0 Å². The molecule has 0 aromatic carbocycles. The first-order valence-electron chi connectivity index (χ1n) is 5.72. The maximum absolute atomic E-state index is 12.2. The molecule has 0 radical (unpaired) electrons. The molecule has 8 heteroatoms. The Labute approximate surface area is 106 Å². The van der Waals surface area contributed by atoms with Crippen molar-refractivity contribution in [3.05, 3.63) is 0 Å². The van der Waals surface area contributed by atoms with Gasteiger partial charge in [0.15, 0.2) is 0 Å². The average molecular weight is 288 g/mol. The maximum Gasteiger partial charge on any atom is 0.401 e. The summed E-state index contributed by atoms with van der Waals surface area (Å²) in [5.74, 6) is 0. The number of rotatable bonds is 2. The zero-order chi connectivity index (χ0) is 14.2. The summed E-state index contributed by atoms with van der Waals surface area (Å²) in [5.41, 5.74) is 0. The molecule has 0 bridgehead atoms. The molecule has 1 fully saturated rings. The summed E-state index contributed by atoms with van der Waals surface area (Å²) in [6, 6.07) is 0. The molecule has 1 aliphatic rings. The van der Waals surface area contributed by atoms with E-state index in [1.807, 2.05) is 0 Å². The average Bonchev–Trinajstić information content (AvgIpc) is 2.14. The first kappa shape index (κ1) is 15.7. The second-order valence-corrected chi connectivity index (χ2v) is 8.10. The topological polar surface area (TPSA) is 40.6 Å². The summed E-state index contributed by atoms with van der Waals surface area (Å²) in [5, 5.41) is 0. The molecule has 0 amide bonds. The fourth-order valence-corrected chi connectivity index (χ4v) is 3.19. The van der Waals surface area contributed by atoms with Gasteiger partial charge in [-0.2, -0.15) is 17.5 Å². The third kappa shape index (κ3) is 3.83. The lowest BCUT2D eigenvalue weighted by Crippen LogP contribution is -2.54. The fraction of sp³-hybridized carbons (Fsp3) is 1.00. The normalized spacial score (nSPS) is 21.2. The molecule has 1 rings (SSSR count). The molecule has 0 N–H and O–H groups in total. The third-order valence-corrected chi connectivity index (χ3v) is 5.44. The molecule has 1 heterocycles. The highest BCUT2D eigenvalue weighted by atomic mass is 32.2. The summed E-state index contributed by atoms with van der Waals surface area (Å²) in [6.07, 6.45) is -4.23. The zero-order valence-corrected chi connectivity index (χ0v) is 11.6. The lowest BCUT2D eigenvalue weighted by atomic mass is 10.3. The van der Waals surface area contributed by atoms with Gasteiger partial charge in [0.1, 0.15) is 0 Å². The van der Waals surface area contributed by atoms with Crippen molar-refractivity contribution in [1.29, 1.82) is 0 Å². The van der Waals surface area contributed by atoms with Gasteiger partial charge in [-0.05, 0) is 20.8 Å². The van der Waals surface area contributed by atoms with E-state index in [-0.39, 0.29) is 26.2 Å². The number of hydrogen-bond donors (Lipinski definition) is 0. The van der Waals surface area contributed by atoms with Gasteiger partial charge in [0.05, 0.1) is 11.3 Å². The summed E-state index contributed by atoms with van der Waals surface area (Å²) < 4.78 is 61.1. The Morgan fingerprint density at radius 1 is 1.00 bits per heavy atom. The van der Waals surface area contributed by atoms with E-state index in [1.165, 1.54) is 9.21 Å². The summed E-state index contributed by atoms with van der Waals surface area (Å²) in [4.78, 5) is 1.23. The quantitative estimate of drug-likeness (QED) is 0.769. The predicted molar refractivity (Wildman–Crippen MR) is 62.7 cm³/mol. The Morgan fingerprint density at radius 3 is 1.78 bits per heavy atom. The van der Waals surface area contributed by atoms with Crippen molar-refractivity contribution >= 4 is 10.0 Å². The number of sulfonamides is 1. The lowest BCUT2D eigenvalue weighted by Gasteiger charge is -2.37. The Kier molecular flexibility index (Phi) is 4.34. The van der Waals surface area contributed by atoms with Crippen molar-refractivity contribution < 1.29 is 21.6 Å². The first-order chi connectivity index (χ1) is 7.93. The van der Waals surface area contributed by atoms with Gasteiger partial charge in [-0.15, -0.1) is 0 Å². The monoisotopic (exact) mass is 288 g/mol. The SMILES string of the molecule is CC(C)(C)S(=O)(=O)N1CCN(CC(F)(F)F)CC1. The van der Waals surface area contributed by atoms with Crippen LogP contribution in [-0.4, -0.2) is 61.3 Å². The van der Waals surface area contributed by atoms with Crippen molar-refractivity contribution in [3.8, 4) is 0 Å². The van der Waals surface area contributed by atoms with E-state index in [1.54, 1.807) is 20.8 Å². The molecule has 0 aromatic heterocycles. The van der Waals surface area contributed by atoms with Gasteiger partial charge in [-0.1, -0.05) is 0 Å². The molecule has 1 saturated heterocycles. The highest BCUT2D eigenvalue weighted by Crippen LogP contribution is 2.23. The van der Waals surface area contributed by atoms with E-state index < -0.39 is 27.5 Å². The van der Waals surface area contributed by atoms with Crippen LogP contribution in [0.25, 0.3) is 0 Å². The van der Waals surface area contributed by atoms with Crippen molar-refractivity contribution in [1.82, 2.24) is 9.21 Å². The third-order valence-electron chi connectivity index (χ3n) is 2.85. The number of piperazine rings is 1. The van der Waals surface area contributed by atoms with Crippen LogP contribution in [0.1, 0.15) is 20.8 Å². The van der Waals surface area contributed by atoms with E-state index in [2.05, 4.69) is 0 Å². The Hall–Kier alpha value is -0.340. The van der Waals surface area contributed by atoms with E-state index in [0.29, 0.717) is 0 Å². The minimum absolute atomic E-state index is 0.120. The molecule has 0 unspecified atom stereocenters. The summed E-state index contributed by atoms with van der Waals surface area (Å²) >= 11 is 0. The molecule has 0 aromatic rings. The van der Waals surface area contributed by atoms with Gasteiger partial charge in [0.25, 0.3) is 0 Å². The highest BCUT2D eigenvalue weighted by molar-refractivity contribution is 7.90. The van der Waals surface area contributed by atoms with Gasteiger partial charge < -0.3 is 0 Å². The van der Waals surface area contributed by atoms with Crippen LogP contribution in [0.15, 0.2) is 0 Å². The van der Waals surface area contributed by atoms with Gasteiger partial charge in [0, 0.05) is 26.2 Å². The molecule has 1 aliphatic heterocycles. The first-order valence-corrected chi connectivity index (χ1v) is 7.16.